The van der Waals surface area contributed by atoms with Gasteiger partial charge in [0.1, 0.15) is 0 Å². The average molecular weight is 430 g/mol. The van der Waals surface area contributed by atoms with Crippen molar-refractivity contribution < 1.29 is 9.59 Å². The molecule has 0 atom stereocenters. The predicted octanol–water partition coefficient (Wildman–Crippen LogP) is 5.15. The number of halogens is 3. The van der Waals surface area contributed by atoms with E-state index in [1.165, 1.54) is 6.07 Å². The van der Waals surface area contributed by atoms with E-state index in [0.717, 1.165) is 4.47 Å². The molecule has 0 fully saturated rings. The Bertz CT molecular complexity index is 794. The van der Waals surface area contributed by atoms with E-state index in [0.29, 0.717) is 26.9 Å². The van der Waals surface area contributed by atoms with Crippen LogP contribution in [0.3, 0.4) is 0 Å². The quantitative estimate of drug-likeness (QED) is 0.706. The zero-order chi connectivity index (χ0) is 17.9. The van der Waals surface area contributed by atoms with Crippen LogP contribution in [0.25, 0.3) is 0 Å². The molecule has 0 radical (unpaired) electrons. The third-order valence-electron chi connectivity index (χ3n) is 3.07. The summed E-state index contributed by atoms with van der Waals surface area (Å²) in [4.78, 5) is 24.5. The van der Waals surface area contributed by atoms with Crippen molar-refractivity contribution in [2.75, 3.05) is 5.32 Å². The second-order valence-electron chi connectivity index (χ2n) is 5.40. The Morgan fingerprint density at radius 1 is 1.00 bits per heavy atom. The molecule has 126 valence electrons. The smallest absolute Gasteiger partial charge is 0.257 e. The minimum Gasteiger partial charge on any atom is -0.350 e. The van der Waals surface area contributed by atoms with Crippen LogP contribution in [0.4, 0.5) is 5.69 Å². The highest BCUT2D eigenvalue weighted by Crippen LogP contribution is 2.26. The maximum absolute atomic E-state index is 12.4. The van der Waals surface area contributed by atoms with Gasteiger partial charge in [-0.2, -0.15) is 0 Å². The summed E-state index contributed by atoms with van der Waals surface area (Å²) in [5.41, 5.74) is 1.05. The standard InChI is InChI=1S/C17H15BrCl2N2O2/c1-9(2)21-16(23)10-3-5-14(20)15(7-10)22-17(24)12-8-11(18)4-6-13(12)19/h3-9H,1-2H3,(H,21,23)(H,22,24). The number of hydrogen-bond donors (Lipinski definition) is 2. The summed E-state index contributed by atoms with van der Waals surface area (Å²) in [5.74, 6) is -0.651. The highest BCUT2D eigenvalue weighted by atomic mass is 79.9. The first-order valence-corrected chi connectivity index (χ1v) is 8.69. The van der Waals surface area contributed by atoms with Crippen molar-refractivity contribution in [2.24, 2.45) is 0 Å². The highest BCUT2D eigenvalue weighted by molar-refractivity contribution is 9.10. The first-order chi connectivity index (χ1) is 11.3. The molecule has 4 nitrogen and oxygen atoms in total. The van der Waals surface area contributed by atoms with Gasteiger partial charge in [0.15, 0.2) is 0 Å². The molecule has 2 N–H and O–H groups in total. The molecular formula is C17H15BrCl2N2O2. The number of carbonyl (C=O) groups excluding carboxylic acids is 2. The van der Waals surface area contributed by atoms with Crippen molar-refractivity contribution >= 4 is 56.6 Å². The predicted molar refractivity (Wildman–Crippen MR) is 101 cm³/mol. The molecule has 0 saturated carbocycles. The summed E-state index contributed by atoms with van der Waals surface area (Å²) >= 11 is 15.5. The second kappa shape index (κ2) is 8.01. The third kappa shape index (κ3) is 4.72. The lowest BCUT2D eigenvalue weighted by molar-refractivity contribution is 0.0942. The fourth-order valence-electron chi connectivity index (χ4n) is 1.97. The van der Waals surface area contributed by atoms with Crippen LogP contribution >= 0.6 is 39.1 Å². The lowest BCUT2D eigenvalue weighted by atomic mass is 10.1. The minimum absolute atomic E-state index is 0.00620. The van der Waals surface area contributed by atoms with Gasteiger partial charge in [-0.25, -0.2) is 0 Å². The van der Waals surface area contributed by atoms with Gasteiger partial charge in [-0.3, -0.25) is 9.59 Å². The number of rotatable bonds is 4. The van der Waals surface area contributed by atoms with Crippen LogP contribution < -0.4 is 10.6 Å². The molecule has 2 aromatic carbocycles. The molecule has 0 unspecified atom stereocenters. The van der Waals surface area contributed by atoms with Gasteiger partial charge in [-0.1, -0.05) is 39.1 Å². The summed E-state index contributed by atoms with van der Waals surface area (Å²) in [5, 5.41) is 6.12. The number of carbonyl (C=O) groups is 2. The van der Waals surface area contributed by atoms with E-state index in [-0.39, 0.29) is 11.9 Å². The maximum atomic E-state index is 12.4. The Labute approximate surface area is 158 Å². The van der Waals surface area contributed by atoms with E-state index < -0.39 is 5.91 Å². The molecule has 2 rings (SSSR count). The number of amides is 2. The molecule has 0 saturated heterocycles. The number of anilines is 1. The molecule has 2 aromatic rings. The zero-order valence-corrected chi connectivity index (χ0v) is 16.1. The van der Waals surface area contributed by atoms with Crippen molar-refractivity contribution in [3.63, 3.8) is 0 Å². The molecule has 24 heavy (non-hydrogen) atoms. The molecule has 0 aliphatic carbocycles. The average Bonchev–Trinajstić information content (AvgIpc) is 2.51. The van der Waals surface area contributed by atoms with Gasteiger partial charge < -0.3 is 10.6 Å². The van der Waals surface area contributed by atoms with Crippen molar-refractivity contribution in [1.29, 1.82) is 0 Å². The maximum Gasteiger partial charge on any atom is 0.257 e. The van der Waals surface area contributed by atoms with E-state index in [1.807, 2.05) is 13.8 Å². The number of benzene rings is 2. The summed E-state index contributed by atoms with van der Waals surface area (Å²) in [6.45, 7) is 3.73. The van der Waals surface area contributed by atoms with Crippen molar-refractivity contribution in [3.05, 3.63) is 62.0 Å². The fraction of sp³-hybridized carbons (Fsp3) is 0.176. The van der Waals surface area contributed by atoms with Crippen molar-refractivity contribution in [1.82, 2.24) is 5.32 Å². The van der Waals surface area contributed by atoms with Crippen LogP contribution in [0.2, 0.25) is 10.0 Å². The monoisotopic (exact) mass is 428 g/mol. The molecule has 0 aliphatic heterocycles. The lowest BCUT2D eigenvalue weighted by Crippen LogP contribution is -2.30. The lowest BCUT2D eigenvalue weighted by Gasteiger charge is -2.12. The Morgan fingerprint density at radius 3 is 2.33 bits per heavy atom. The van der Waals surface area contributed by atoms with E-state index in [2.05, 4.69) is 26.6 Å². The molecule has 2 amide bonds. The van der Waals surface area contributed by atoms with Gasteiger partial charge in [0.05, 0.1) is 21.3 Å². The minimum atomic E-state index is -0.412. The molecule has 0 spiro atoms. The van der Waals surface area contributed by atoms with Gasteiger partial charge in [-0.05, 0) is 50.2 Å². The van der Waals surface area contributed by atoms with Crippen LogP contribution in [-0.2, 0) is 0 Å². The van der Waals surface area contributed by atoms with Gasteiger partial charge in [-0.15, -0.1) is 0 Å². The van der Waals surface area contributed by atoms with E-state index in [1.54, 1.807) is 30.3 Å². The number of nitrogens with one attached hydrogen (secondary N) is 2. The summed E-state index contributed by atoms with van der Waals surface area (Å²) < 4.78 is 0.730. The van der Waals surface area contributed by atoms with E-state index in [9.17, 15) is 9.59 Å². The molecule has 0 aliphatic rings. The fourth-order valence-corrected chi connectivity index (χ4v) is 2.70. The van der Waals surface area contributed by atoms with E-state index >= 15 is 0 Å². The SMILES string of the molecule is CC(C)NC(=O)c1ccc(Cl)c(NC(=O)c2cc(Br)ccc2Cl)c1. The van der Waals surface area contributed by atoms with E-state index in [4.69, 9.17) is 23.2 Å². The van der Waals surface area contributed by atoms with Gasteiger partial charge in [0.25, 0.3) is 11.8 Å². The molecule has 7 heteroatoms. The Morgan fingerprint density at radius 2 is 1.67 bits per heavy atom. The zero-order valence-electron chi connectivity index (χ0n) is 13.0. The molecule has 0 heterocycles. The molecular weight excluding hydrogens is 415 g/mol. The van der Waals surface area contributed by atoms with Crippen LogP contribution in [0.5, 0.6) is 0 Å². The second-order valence-corrected chi connectivity index (χ2v) is 7.13. The first-order valence-electron chi connectivity index (χ1n) is 7.14. The van der Waals surface area contributed by atoms with Crippen molar-refractivity contribution in [2.45, 2.75) is 19.9 Å². The van der Waals surface area contributed by atoms with Crippen molar-refractivity contribution in [3.8, 4) is 0 Å². The van der Waals surface area contributed by atoms with Crippen LogP contribution in [0.15, 0.2) is 40.9 Å². The number of hydrogen-bond acceptors (Lipinski definition) is 2. The Balaban J connectivity index is 2.27. The summed E-state index contributed by atoms with van der Waals surface area (Å²) in [7, 11) is 0. The van der Waals surface area contributed by atoms with Gasteiger partial charge in [0, 0.05) is 16.1 Å². The topological polar surface area (TPSA) is 58.2 Å². The Hall–Kier alpha value is -1.56. The first kappa shape index (κ1) is 18.8. The third-order valence-corrected chi connectivity index (χ3v) is 4.22. The normalized spacial score (nSPS) is 10.6. The van der Waals surface area contributed by atoms with Gasteiger partial charge in [0.2, 0.25) is 0 Å². The summed E-state index contributed by atoms with van der Waals surface area (Å²) in [6, 6.07) is 9.67. The van der Waals surface area contributed by atoms with Crippen LogP contribution in [-0.4, -0.2) is 17.9 Å². The summed E-state index contributed by atoms with van der Waals surface area (Å²) in [6.07, 6.45) is 0. The highest BCUT2D eigenvalue weighted by Gasteiger charge is 2.15. The Kier molecular flexibility index (Phi) is 6.27. The van der Waals surface area contributed by atoms with Crippen LogP contribution in [0, 0.1) is 0 Å². The molecule has 0 aromatic heterocycles. The molecule has 0 bridgehead atoms. The van der Waals surface area contributed by atoms with Crippen LogP contribution in [0.1, 0.15) is 34.6 Å². The largest absolute Gasteiger partial charge is 0.350 e. The van der Waals surface area contributed by atoms with Gasteiger partial charge >= 0.3 is 0 Å².